The maximum atomic E-state index is 12.2. The van der Waals surface area contributed by atoms with Crippen molar-refractivity contribution >= 4 is 17.5 Å². The summed E-state index contributed by atoms with van der Waals surface area (Å²) in [6, 6.07) is 16.3. The van der Waals surface area contributed by atoms with E-state index in [4.69, 9.17) is 4.74 Å². The molecule has 1 aromatic carbocycles. The number of ether oxygens (including phenoxy) is 1. The third kappa shape index (κ3) is 5.00. The van der Waals surface area contributed by atoms with E-state index in [1.807, 2.05) is 30.3 Å². The smallest absolute Gasteiger partial charge is 0.270 e. The molecule has 0 spiro atoms. The summed E-state index contributed by atoms with van der Waals surface area (Å²) in [6.07, 6.45) is 3.06. The minimum atomic E-state index is -0.261. The third-order valence-corrected chi connectivity index (χ3v) is 3.22. The van der Waals surface area contributed by atoms with Crippen LogP contribution in [-0.2, 0) is 0 Å². The van der Waals surface area contributed by atoms with Gasteiger partial charge in [0.2, 0.25) is 0 Å². The molecule has 126 valence electrons. The molecule has 0 atom stereocenters. The monoisotopic (exact) mass is 335 g/mol. The third-order valence-electron chi connectivity index (χ3n) is 3.22. The van der Waals surface area contributed by atoms with Crippen LogP contribution in [0.15, 0.2) is 67.1 Å². The molecule has 0 aliphatic heterocycles. The van der Waals surface area contributed by atoms with Crippen LogP contribution in [0.4, 0.5) is 11.6 Å². The Morgan fingerprint density at radius 3 is 2.68 bits per heavy atom. The number of benzene rings is 1. The van der Waals surface area contributed by atoms with Crippen molar-refractivity contribution in [1.29, 1.82) is 0 Å². The fraction of sp³-hybridized carbons (Fsp3) is 0.111. The molecule has 0 aliphatic carbocycles. The highest BCUT2D eigenvalue weighted by atomic mass is 16.5. The van der Waals surface area contributed by atoms with Crippen molar-refractivity contribution in [2.45, 2.75) is 0 Å². The van der Waals surface area contributed by atoms with Crippen LogP contribution in [-0.4, -0.2) is 34.0 Å². The minimum Gasteiger partial charge on any atom is -0.492 e. The molecule has 7 heteroatoms. The Morgan fingerprint density at radius 1 is 1.00 bits per heavy atom. The Bertz CT molecular complexity index is 812. The van der Waals surface area contributed by atoms with Gasteiger partial charge in [-0.25, -0.2) is 15.0 Å². The molecule has 0 fully saturated rings. The zero-order valence-corrected chi connectivity index (χ0v) is 13.4. The second-order valence-electron chi connectivity index (χ2n) is 5.05. The molecule has 0 radical (unpaired) electrons. The number of aromatic nitrogens is 3. The maximum Gasteiger partial charge on any atom is 0.270 e. The van der Waals surface area contributed by atoms with Crippen molar-refractivity contribution in [2.75, 3.05) is 18.5 Å². The lowest BCUT2D eigenvalue weighted by molar-refractivity contribution is 0.0942. The first-order valence-corrected chi connectivity index (χ1v) is 7.77. The summed E-state index contributed by atoms with van der Waals surface area (Å²) in [7, 11) is 0. The largest absolute Gasteiger partial charge is 0.492 e. The van der Waals surface area contributed by atoms with Gasteiger partial charge >= 0.3 is 0 Å². The first-order chi connectivity index (χ1) is 12.3. The molecule has 2 aromatic heterocycles. The predicted molar refractivity (Wildman–Crippen MR) is 93.8 cm³/mol. The molecule has 2 N–H and O–H groups in total. The molecule has 2 heterocycles. The number of para-hydroxylation sites is 1. The number of rotatable bonds is 7. The number of pyridine rings is 1. The van der Waals surface area contributed by atoms with Gasteiger partial charge in [0, 0.05) is 6.20 Å². The standard InChI is InChI=1S/C18H17N5O2/c24-18(20-11-12-25-14-5-2-1-3-6-14)15-7-4-8-17(22-15)23-16-9-10-19-13-21-16/h1-10,13H,11-12H2,(H,20,24)(H,19,21,22,23). The number of anilines is 2. The van der Waals surface area contributed by atoms with Gasteiger partial charge in [-0.2, -0.15) is 0 Å². The first-order valence-electron chi connectivity index (χ1n) is 7.77. The van der Waals surface area contributed by atoms with Crippen LogP contribution in [0.3, 0.4) is 0 Å². The number of amides is 1. The van der Waals surface area contributed by atoms with Crippen LogP contribution in [0.5, 0.6) is 5.75 Å². The van der Waals surface area contributed by atoms with E-state index in [0.29, 0.717) is 30.5 Å². The lowest BCUT2D eigenvalue weighted by Crippen LogP contribution is -2.28. The molecule has 7 nitrogen and oxygen atoms in total. The average molecular weight is 335 g/mol. The van der Waals surface area contributed by atoms with Crippen LogP contribution in [0.1, 0.15) is 10.5 Å². The lowest BCUT2D eigenvalue weighted by Gasteiger charge is -2.08. The summed E-state index contributed by atoms with van der Waals surface area (Å²) >= 11 is 0. The van der Waals surface area contributed by atoms with E-state index in [1.165, 1.54) is 6.33 Å². The Hall–Kier alpha value is -3.48. The quantitative estimate of drug-likeness (QED) is 0.645. The van der Waals surface area contributed by atoms with Crippen LogP contribution >= 0.6 is 0 Å². The second-order valence-corrected chi connectivity index (χ2v) is 5.05. The minimum absolute atomic E-state index is 0.261. The number of hydrogen-bond donors (Lipinski definition) is 2. The van der Waals surface area contributed by atoms with E-state index < -0.39 is 0 Å². The zero-order chi connectivity index (χ0) is 17.3. The molecule has 3 aromatic rings. The number of carbonyl (C=O) groups is 1. The van der Waals surface area contributed by atoms with Gasteiger partial charge in [0.05, 0.1) is 6.54 Å². The second kappa shape index (κ2) is 8.39. The number of nitrogens with zero attached hydrogens (tertiary/aromatic N) is 3. The van der Waals surface area contributed by atoms with Gasteiger partial charge in [0.1, 0.15) is 36.0 Å². The van der Waals surface area contributed by atoms with Gasteiger partial charge in [-0.05, 0) is 30.3 Å². The normalized spacial score (nSPS) is 10.1. The van der Waals surface area contributed by atoms with Gasteiger partial charge in [-0.1, -0.05) is 24.3 Å². The highest BCUT2D eigenvalue weighted by molar-refractivity contribution is 5.92. The van der Waals surface area contributed by atoms with Gasteiger partial charge in [-0.3, -0.25) is 4.79 Å². The molecule has 0 saturated heterocycles. The zero-order valence-electron chi connectivity index (χ0n) is 13.4. The van der Waals surface area contributed by atoms with E-state index >= 15 is 0 Å². The van der Waals surface area contributed by atoms with Crippen LogP contribution in [0.2, 0.25) is 0 Å². The predicted octanol–water partition coefficient (Wildman–Crippen LogP) is 2.42. The summed E-state index contributed by atoms with van der Waals surface area (Å²) in [5, 5.41) is 5.80. The van der Waals surface area contributed by atoms with E-state index in [-0.39, 0.29) is 5.91 Å². The van der Waals surface area contributed by atoms with Crippen LogP contribution in [0, 0.1) is 0 Å². The van der Waals surface area contributed by atoms with Crippen LogP contribution < -0.4 is 15.4 Å². The van der Waals surface area contributed by atoms with Crippen molar-refractivity contribution in [3.8, 4) is 5.75 Å². The Kier molecular flexibility index (Phi) is 5.50. The number of nitrogens with one attached hydrogen (secondary N) is 2. The van der Waals surface area contributed by atoms with Gasteiger partial charge in [0.15, 0.2) is 0 Å². The Morgan fingerprint density at radius 2 is 1.88 bits per heavy atom. The van der Waals surface area contributed by atoms with E-state index in [1.54, 1.807) is 30.5 Å². The van der Waals surface area contributed by atoms with Gasteiger partial charge < -0.3 is 15.4 Å². The molecule has 3 rings (SSSR count). The topological polar surface area (TPSA) is 89.0 Å². The fourth-order valence-electron chi connectivity index (χ4n) is 2.07. The van der Waals surface area contributed by atoms with Crippen molar-refractivity contribution in [3.63, 3.8) is 0 Å². The molecule has 0 unspecified atom stereocenters. The Labute approximate surface area is 145 Å². The van der Waals surface area contributed by atoms with Crippen LogP contribution in [0.25, 0.3) is 0 Å². The molecule has 1 amide bonds. The summed E-state index contributed by atoms with van der Waals surface area (Å²) < 4.78 is 5.53. The van der Waals surface area contributed by atoms with Gasteiger partial charge in [-0.15, -0.1) is 0 Å². The lowest BCUT2D eigenvalue weighted by atomic mass is 10.3. The van der Waals surface area contributed by atoms with Crippen molar-refractivity contribution in [1.82, 2.24) is 20.3 Å². The SMILES string of the molecule is O=C(NCCOc1ccccc1)c1cccc(Nc2ccncn2)n1. The van der Waals surface area contributed by atoms with Crippen molar-refractivity contribution < 1.29 is 9.53 Å². The highest BCUT2D eigenvalue weighted by Gasteiger charge is 2.08. The number of carbonyl (C=O) groups excluding carboxylic acids is 1. The molecular formula is C18H17N5O2. The summed E-state index contributed by atoms with van der Waals surface area (Å²) in [5.41, 5.74) is 0.318. The molecule has 25 heavy (non-hydrogen) atoms. The van der Waals surface area contributed by atoms with Gasteiger partial charge in [0.25, 0.3) is 5.91 Å². The summed E-state index contributed by atoms with van der Waals surface area (Å²) in [5.74, 6) is 1.65. The molecular weight excluding hydrogens is 318 g/mol. The fourth-order valence-corrected chi connectivity index (χ4v) is 2.07. The molecule has 0 saturated carbocycles. The van der Waals surface area contributed by atoms with E-state index in [0.717, 1.165) is 5.75 Å². The average Bonchev–Trinajstić information content (AvgIpc) is 2.67. The summed E-state index contributed by atoms with van der Waals surface area (Å²) in [6.45, 7) is 0.771. The number of hydrogen-bond acceptors (Lipinski definition) is 6. The maximum absolute atomic E-state index is 12.2. The molecule has 0 bridgehead atoms. The molecule has 0 aliphatic rings. The highest BCUT2D eigenvalue weighted by Crippen LogP contribution is 2.11. The van der Waals surface area contributed by atoms with E-state index in [2.05, 4.69) is 25.6 Å². The Balaban J connectivity index is 1.51. The van der Waals surface area contributed by atoms with Crippen molar-refractivity contribution in [3.05, 3.63) is 72.8 Å². The van der Waals surface area contributed by atoms with E-state index in [9.17, 15) is 4.79 Å². The van der Waals surface area contributed by atoms with Crippen molar-refractivity contribution in [2.24, 2.45) is 0 Å². The summed E-state index contributed by atoms with van der Waals surface area (Å²) in [4.78, 5) is 24.4. The first kappa shape index (κ1) is 16.4.